The molecule has 0 aromatic carbocycles. The second kappa shape index (κ2) is 7.21. The van der Waals surface area contributed by atoms with Crippen molar-refractivity contribution in [2.45, 2.75) is 45.7 Å². The molecule has 0 radical (unpaired) electrons. The van der Waals surface area contributed by atoms with Gasteiger partial charge in [-0.2, -0.15) is 5.10 Å². The molecule has 1 N–H and O–H groups in total. The number of allylic oxidation sites excluding steroid dienone is 1. The fourth-order valence-corrected chi connectivity index (χ4v) is 1.97. The van der Waals surface area contributed by atoms with E-state index in [1.54, 1.807) is 12.3 Å². The van der Waals surface area contributed by atoms with Crippen LogP contribution < -0.4 is 10.9 Å². The molecule has 100 valence electrons. The predicted molar refractivity (Wildman–Crippen MR) is 76.3 cm³/mol. The molecule has 1 atom stereocenters. The van der Waals surface area contributed by atoms with Gasteiger partial charge in [0, 0.05) is 6.04 Å². The average molecular weight is 270 g/mol. The number of hydrogen-bond acceptors (Lipinski definition) is 3. The van der Waals surface area contributed by atoms with Crippen LogP contribution in [0.25, 0.3) is 0 Å². The smallest absolute Gasteiger partial charge is 0.287 e. The summed E-state index contributed by atoms with van der Waals surface area (Å²) in [6.07, 6.45) is 6.34. The van der Waals surface area contributed by atoms with Gasteiger partial charge in [-0.1, -0.05) is 37.9 Å². The zero-order valence-corrected chi connectivity index (χ0v) is 11.7. The topological polar surface area (TPSA) is 46.9 Å². The molecule has 5 heteroatoms. The molecule has 1 rings (SSSR count). The van der Waals surface area contributed by atoms with Gasteiger partial charge in [0.2, 0.25) is 0 Å². The third-order valence-corrected chi connectivity index (χ3v) is 3.14. The van der Waals surface area contributed by atoms with E-state index in [0.717, 1.165) is 19.3 Å². The van der Waals surface area contributed by atoms with Crippen molar-refractivity contribution in [3.63, 3.8) is 0 Å². The van der Waals surface area contributed by atoms with Gasteiger partial charge in [-0.15, -0.1) is 6.58 Å². The lowest BCUT2D eigenvalue weighted by Crippen LogP contribution is -2.26. The van der Waals surface area contributed by atoms with Gasteiger partial charge >= 0.3 is 0 Å². The maximum atomic E-state index is 11.9. The van der Waals surface area contributed by atoms with E-state index in [0.29, 0.717) is 18.3 Å². The van der Waals surface area contributed by atoms with Gasteiger partial charge < -0.3 is 5.32 Å². The number of hydrogen-bond donors (Lipinski definition) is 1. The Hall–Kier alpha value is -1.29. The predicted octanol–water partition coefficient (Wildman–Crippen LogP) is 3.07. The van der Waals surface area contributed by atoms with Crippen LogP contribution in [0.1, 0.15) is 33.1 Å². The van der Waals surface area contributed by atoms with Gasteiger partial charge in [0.05, 0.1) is 18.4 Å². The molecule has 0 saturated carbocycles. The number of halogens is 1. The molecule has 1 heterocycles. The molecule has 1 aromatic rings. The van der Waals surface area contributed by atoms with E-state index in [1.165, 1.54) is 4.68 Å². The summed E-state index contributed by atoms with van der Waals surface area (Å²) in [5.41, 5.74) is 0.329. The first-order valence-corrected chi connectivity index (χ1v) is 6.64. The molecule has 0 aliphatic heterocycles. The zero-order chi connectivity index (χ0) is 13.5. The van der Waals surface area contributed by atoms with Crippen LogP contribution in [0.2, 0.25) is 5.02 Å². The standard InChI is InChI=1S/C13H20ClN3O/c1-4-7-10(6-3)16-11-9-15-17(8-5-2)13(18)12(11)14/h5,9-10,16H,2,4,6-8H2,1,3H3. The Kier molecular flexibility index (Phi) is 5.92. The minimum atomic E-state index is -0.284. The monoisotopic (exact) mass is 269 g/mol. The summed E-state index contributed by atoms with van der Waals surface area (Å²) >= 11 is 6.07. The number of anilines is 1. The van der Waals surface area contributed by atoms with E-state index in [-0.39, 0.29) is 10.6 Å². The Labute approximate surface area is 113 Å². The van der Waals surface area contributed by atoms with Crippen molar-refractivity contribution < 1.29 is 0 Å². The van der Waals surface area contributed by atoms with E-state index in [2.05, 4.69) is 30.8 Å². The van der Waals surface area contributed by atoms with Crippen molar-refractivity contribution in [3.8, 4) is 0 Å². The Bertz CT molecular complexity index is 456. The molecule has 1 unspecified atom stereocenters. The Morgan fingerprint density at radius 3 is 2.89 bits per heavy atom. The van der Waals surface area contributed by atoms with Gasteiger partial charge in [0.25, 0.3) is 5.56 Å². The lowest BCUT2D eigenvalue weighted by Gasteiger charge is -2.18. The highest BCUT2D eigenvalue weighted by atomic mass is 35.5. The highest BCUT2D eigenvalue weighted by molar-refractivity contribution is 6.32. The van der Waals surface area contributed by atoms with Gasteiger partial charge in [-0.25, -0.2) is 4.68 Å². The van der Waals surface area contributed by atoms with Gasteiger partial charge in [-0.05, 0) is 12.8 Å². The quantitative estimate of drug-likeness (QED) is 0.774. The fraction of sp³-hybridized carbons (Fsp3) is 0.538. The summed E-state index contributed by atoms with van der Waals surface area (Å²) < 4.78 is 1.29. The summed E-state index contributed by atoms with van der Waals surface area (Å²) in [6, 6.07) is 0.323. The van der Waals surface area contributed by atoms with Crippen molar-refractivity contribution in [1.82, 2.24) is 9.78 Å². The van der Waals surface area contributed by atoms with Crippen LogP contribution in [-0.2, 0) is 6.54 Å². The van der Waals surface area contributed by atoms with Crippen LogP contribution in [-0.4, -0.2) is 15.8 Å². The molecule has 0 spiro atoms. The number of rotatable bonds is 7. The van der Waals surface area contributed by atoms with Crippen LogP contribution in [0.15, 0.2) is 23.6 Å². The molecule has 0 bridgehead atoms. The van der Waals surface area contributed by atoms with E-state index in [4.69, 9.17) is 11.6 Å². The number of aromatic nitrogens is 2. The first-order valence-electron chi connectivity index (χ1n) is 6.27. The lowest BCUT2D eigenvalue weighted by molar-refractivity contribution is 0.616. The van der Waals surface area contributed by atoms with Gasteiger partial charge in [-0.3, -0.25) is 4.79 Å². The van der Waals surface area contributed by atoms with E-state index in [9.17, 15) is 4.79 Å². The second-order valence-corrected chi connectivity index (χ2v) is 4.56. The minimum Gasteiger partial charge on any atom is -0.380 e. The second-order valence-electron chi connectivity index (χ2n) is 4.19. The third kappa shape index (κ3) is 3.60. The van der Waals surface area contributed by atoms with Crippen LogP contribution in [0.4, 0.5) is 5.69 Å². The summed E-state index contributed by atoms with van der Waals surface area (Å²) in [4.78, 5) is 11.9. The maximum Gasteiger partial charge on any atom is 0.287 e. The van der Waals surface area contributed by atoms with Crippen LogP contribution in [0, 0.1) is 0 Å². The lowest BCUT2D eigenvalue weighted by atomic mass is 10.1. The third-order valence-electron chi connectivity index (χ3n) is 2.78. The molecule has 0 saturated heterocycles. The first-order chi connectivity index (χ1) is 8.63. The van der Waals surface area contributed by atoms with Gasteiger partial charge in [0.1, 0.15) is 5.02 Å². The average Bonchev–Trinajstić information content (AvgIpc) is 2.37. The summed E-state index contributed by atoms with van der Waals surface area (Å²) in [7, 11) is 0. The van der Waals surface area contributed by atoms with Crippen LogP contribution in [0.3, 0.4) is 0 Å². The first kappa shape index (κ1) is 14.8. The number of nitrogens with zero attached hydrogens (tertiary/aromatic N) is 2. The minimum absolute atomic E-state index is 0.196. The fourth-order valence-electron chi connectivity index (χ4n) is 1.76. The molecule has 0 aliphatic carbocycles. The molecule has 1 aromatic heterocycles. The van der Waals surface area contributed by atoms with Crippen molar-refractivity contribution in [1.29, 1.82) is 0 Å². The zero-order valence-electron chi connectivity index (χ0n) is 10.9. The molecular weight excluding hydrogens is 250 g/mol. The normalized spacial score (nSPS) is 12.2. The molecule has 4 nitrogen and oxygen atoms in total. The van der Waals surface area contributed by atoms with Crippen molar-refractivity contribution in [3.05, 3.63) is 34.2 Å². The van der Waals surface area contributed by atoms with Gasteiger partial charge in [0.15, 0.2) is 0 Å². The number of nitrogens with one attached hydrogen (secondary N) is 1. The van der Waals surface area contributed by atoms with E-state index >= 15 is 0 Å². The highest BCUT2D eigenvalue weighted by Gasteiger charge is 2.12. The SMILES string of the molecule is C=CCn1ncc(NC(CC)CCC)c(Cl)c1=O. The Morgan fingerprint density at radius 2 is 2.33 bits per heavy atom. The largest absolute Gasteiger partial charge is 0.380 e. The van der Waals surface area contributed by atoms with Crippen molar-refractivity contribution in [2.24, 2.45) is 0 Å². The van der Waals surface area contributed by atoms with Crippen molar-refractivity contribution >= 4 is 17.3 Å². The maximum absolute atomic E-state index is 11.9. The summed E-state index contributed by atoms with van der Waals surface area (Å²) in [6.45, 7) is 8.18. The van der Waals surface area contributed by atoms with E-state index < -0.39 is 0 Å². The molecule has 0 amide bonds. The highest BCUT2D eigenvalue weighted by Crippen LogP contribution is 2.18. The molecule has 18 heavy (non-hydrogen) atoms. The molecule has 0 fully saturated rings. The van der Waals surface area contributed by atoms with Crippen LogP contribution in [0.5, 0.6) is 0 Å². The summed E-state index contributed by atoms with van der Waals surface area (Å²) in [5.74, 6) is 0. The Balaban J connectivity index is 2.94. The van der Waals surface area contributed by atoms with Crippen LogP contribution >= 0.6 is 11.6 Å². The molecular formula is C13H20ClN3O. The van der Waals surface area contributed by atoms with E-state index in [1.807, 2.05) is 0 Å². The summed E-state index contributed by atoms with van der Waals surface area (Å²) in [5, 5.41) is 7.53. The van der Waals surface area contributed by atoms with Crippen molar-refractivity contribution in [2.75, 3.05) is 5.32 Å². The molecule has 0 aliphatic rings. The Morgan fingerprint density at radius 1 is 1.61 bits per heavy atom.